The number of carbonyl (C=O) groups excluding carboxylic acids is 2. The number of amides is 2. The minimum Gasteiger partial charge on any atom is -0.444 e. The Bertz CT molecular complexity index is 1620. The molecule has 1 saturated heterocycles. The minimum atomic E-state index is -0.566. The molecule has 4 aromatic rings. The van der Waals surface area contributed by atoms with E-state index in [0.29, 0.717) is 61.2 Å². The van der Waals surface area contributed by atoms with Gasteiger partial charge in [-0.3, -0.25) is 9.36 Å². The highest BCUT2D eigenvalue weighted by Crippen LogP contribution is 2.48. The number of ether oxygens (including phenoxy) is 2. The maximum Gasteiger partial charge on any atom is 0.407 e. The summed E-state index contributed by atoms with van der Waals surface area (Å²) in [7, 11) is 0. The maximum absolute atomic E-state index is 13.1. The second-order valence-electron chi connectivity index (χ2n) is 11.7. The molecule has 2 fully saturated rings. The largest absolute Gasteiger partial charge is 0.444 e. The molecule has 2 unspecified atom stereocenters. The standard InChI is InChI=1S/C31H35N7O4/c1-31(2,3)42-30(40)34-18-19-6-8-20(9-7-19)38-27(21-5-4-12-33-26(21)32)36-25-11-10-24(35-28(25)38)22-17-23(22)29(39)37-13-15-41-16-14-37/h4-12,22-23H,13-18H2,1-3H3,(H2,32,33)(H,34,40). The number of aromatic nitrogens is 4. The number of alkyl carbamates (subject to hydrolysis) is 1. The zero-order valence-corrected chi connectivity index (χ0v) is 24.0. The molecule has 3 N–H and O–H groups in total. The number of hydrogen-bond acceptors (Lipinski definition) is 8. The van der Waals surface area contributed by atoms with Gasteiger partial charge in [-0.2, -0.15) is 0 Å². The van der Waals surface area contributed by atoms with Crippen LogP contribution in [0.4, 0.5) is 10.6 Å². The molecule has 6 rings (SSSR count). The van der Waals surface area contributed by atoms with Gasteiger partial charge >= 0.3 is 6.09 Å². The lowest BCUT2D eigenvalue weighted by atomic mass is 10.2. The van der Waals surface area contributed by atoms with Gasteiger partial charge < -0.3 is 25.4 Å². The predicted molar refractivity (Wildman–Crippen MR) is 158 cm³/mol. The molecule has 218 valence electrons. The molecule has 42 heavy (non-hydrogen) atoms. The number of benzene rings is 1. The number of carbonyl (C=O) groups is 2. The highest BCUT2D eigenvalue weighted by molar-refractivity contribution is 5.85. The number of rotatable bonds is 6. The van der Waals surface area contributed by atoms with Crippen molar-refractivity contribution in [2.45, 2.75) is 45.3 Å². The smallest absolute Gasteiger partial charge is 0.407 e. The second-order valence-corrected chi connectivity index (χ2v) is 11.7. The van der Waals surface area contributed by atoms with Crippen molar-refractivity contribution in [1.29, 1.82) is 0 Å². The predicted octanol–water partition coefficient (Wildman–Crippen LogP) is 4.05. The van der Waals surface area contributed by atoms with E-state index in [4.69, 9.17) is 25.2 Å². The summed E-state index contributed by atoms with van der Waals surface area (Å²) >= 11 is 0. The van der Waals surface area contributed by atoms with Crippen LogP contribution < -0.4 is 11.1 Å². The van der Waals surface area contributed by atoms with Gasteiger partial charge in [0.05, 0.1) is 18.8 Å². The lowest BCUT2D eigenvalue weighted by Gasteiger charge is -2.27. The zero-order valence-electron chi connectivity index (χ0n) is 24.0. The molecular formula is C31H35N7O4. The lowest BCUT2D eigenvalue weighted by Crippen LogP contribution is -2.41. The number of hydrogen-bond donors (Lipinski definition) is 2. The quantitative estimate of drug-likeness (QED) is 0.355. The zero-order chi connectivity index (χ0) is 29.4. The molecule has 3 aromatic heterocycles. The third kappa shape index (κ3) is 5.78. The summed E-state index contributed by atoms with van der Waals surface area (Å²) in [5.41, 5.74) is 10.4. The van der Waals surface area contributed by atoms with E-state index in [-0.39, 0.29) is 17.7 Å². The Hall–Kier alpha value is -4.51. The molecule has 1 saturated carbocycles. The fraction of sp³-hybridized carbons (Fsp3) is 0.387. The highest BCUT2D eigenvalue weighted by atomic mass is 16.6. The van der Waals surface area contributed by atoms with Gasteiger partial charge in [-0.1, -0.05) is 12.1 Å². The fourth-order valence-electron chi connectivity index (χ4n) is 5.27. The van der Waals surface area contributed by atoms with Crippen molar-refractivity contribution in [1.82, 2.24) is 29.7 Å². The van der Waals surface area contributed by atoms with Crippen LogP contribution in [0, 0.1) is 5.92 Å². The van der Waals surface area contributed by atoms with Gasteiger partial charge in [0, 0.05) is 49.0 Å². The van der Waals surface area contributed by atoms with Gasteiger partial charge in [0.2, 0.25) is 5.91 Å². The Balaban J connectivity index is 1.31. The van der Waals surface area contributed by atoms with Gasteiger partial charge in [-0.25, -0.2) is 19.7 Å². The SMILES string of the molecule is CC(C)(C)OC(=O)NCc1ccc(-n2c(-c3cccnc3N)nc3ccc(C4CC4C(=O)N4CCOCC4)nc32)cc1. The van der Waals surface area contributed by atoms with Crippen LogP contribution >= 0.6 is 0 Å². The Morgan fingerprint density at radius 2 is 1.83 bits per heavy atom. The van der Waals surface area contributed by atoms with E-state index < -0.39 is 11.7 Å². The topological polar surface area (TPSA) is 137 Å². The summed E-state index contributed by atoms with van der Waals surface area (Å²) in [6, 6.07) is 15.4. The number of nitrogens with two attached hydrogens (primary N) is 1. The van der Waals surface area contributed by atoms with Crippen LogP contribution in [0.5, 0.6) is 0 Å². The third-order valence-corrected chi connectivity index (χ3v) is 7.45. The number of nitrogen functional groups attached to an aromatic ring is 1. The van der Waals surface area contributed by atoms with Crippen LogP contribution in [0.2, 0.25) is 0 Å². The Labute approximate surface area is 244 Å². The number of pyridine rings is 2. The van der Waals surface area contributed by atoms with Crippen LogP contribution in [0.1, 0.15) is 44.4 Å². The van der Waals surface area contributed by atoms with E-state index in [9.17, 15) is 9.59 Å². The van der Waals surface area contributed by atoms with Crippen LogP contribution in [0.3, 0.4) is 0 Å². The Morgan fingerprint density at radius 1 is 1.07 bits per heavy atom. The Morgan fingerprint density at radius 3 is 2.55 bits per heavy atom. The van der Waals surface area contributed by atoms with Crippen molar-refractivity contribution in [3.8, 4) is 17.1 Å². The Kier molecular flexibility index (Phi) is 7.28. The summed E-state index contributed by atoms with van der Waals surface area (Å²) in [5, 5.41) is 2.79. The normalized spacial score (nSPS) is 18.6. The van der Waals surface area contributed by atoms with E-state index in [1.54, 1.807) is 6.20 Å². The van der Waals surface area contributed by atoms with Crippen molar-refractivity contribution in [3.63, 3.8) is 0 Å². The summed E-state index contributed by atoms with van der Waals surface area (Å²) in [4.78, 5) is 41.3. The fourth-order valence-corrected chi connectivity index (χ4v) is 5.27. The molecule has 0 radical (unpaired) electrons. The van der Waals surface area contributed by atoms with Crippen LogP contribution in [0.15, 0.2) is 54.7 Å². The molecule has 1 aliphatic carbocycles. The number of anilines is 1. The molecule has 2 amide bonds. The summed E-state index contributed by atoms with van der Waals surface area (Å²) in [5.74, 6) is 1.18. The van der Waals surface area contributed by atoms with E-state index in [2.05, 4.69) is 10.3 Å². The first-order valence-electron chi connectivity index (χ1n) is 14.2. The monoisotopic (exact) mass is 569 g/mol. The molecule has 0 bridgehead atoms. The molecule has 0 spiro atoms. The van der Waals surface area contributed by atoms with Crippen LogP contribution in [-0.4, -0.2) is 68.3 Å². The first-order chi connectivity index (χ1) is 20.2. The van der Waals surface area contributed by atoms with Crippen LogP contribution in [-0.2, 0) is 20.8 Å². The molecule has 1 aliphatic heterocycles. The molecule has 2 atom stereocenters. The van der Waals surface area contributed by atoms with Crippen LogP contribution in [0.25, 0.3) is 28.2 Å². The molecule has 1 aromatic carbocycles. The van der Waals surface area contributed by atoms with Crippen molar-refractivity contribution in [2.24, 2.45) is 5.92 Å². The van der Waals surface area contributed by atoms with Gasteiger partial charge in [0.25, 0.3) is 0 Å². The summed E-state index contributed by atoms with van der Waals surface area (Å²) in [6.45, 7) is 8.26. The van der Waals surface area contributed by atoms with E-state index in [1.165, 1.54) is 0 Å². The van der Waals surface area contributed by atoms with Gasteiger partial charge in [0.1, 0.15) is 16.9 Å². The number of nitrogens with one attached hydrogen (secondary N) is 1. The summed E-state index contributed by atoms with van der Waals surface area (Å²) < 4.78 is 12.7. The number of fused-ring (bicyclic) bond motifs is 1. The van der Waals surface area contributed by atoms with Crippen molar-refractivity contribution in [3.05, 3.63) is 66.0 Å². The van der Waals surface area contributed by atoms with Crippen molar-refractivity contribution >= 4 is 29.0 Å². The number of imidazole rings is 1. The maximum atomic E-state index is 13.1. The molecule has 11 nitrogen and oxygen atoms in total. The molecule has 2 aliphatic rings. The summed E-state index contributed by atoms with van der Waals surface area (Å²) in [6.07, 6.45) is 1.96. The average molecular weight is 570 g/mol. The van der Waals surface area contributed by atoms with E-state index >= 15 is 0 Å². The minimum absolute atomic E-state index is 0.0605. The number of nitrogens with zero attached hydrogens (tertiary/aromatic N) is 5. The number of morpholine rings is 1. The lowest BCUT2D eigenvalue weighted by molar-refractivity contribution is -0.136. The molecular weight excluding hydrogens is 534 g/mol. The average Bonchev–Trinajstić information content (AvgIpc) is 3.69. The van der Waals surface area contributed by atoms with E-state index in [1.807, 2.05) is 78.8 Å². The molecule has 4 heterocycles. The van der Waals surface area contributed by atoms with Gasteiger partial charge in [0.15, 0.2) is 11.5 Å². The molecule has 11 heteroatoms. The third-order valence-electron chi connectivity index (χ3n) is 7.45. The van der Waals surface area contributed by atoms with E-state index in [0.717, 1.165) is 23.4 Å². The van der Waals surface area contributed by atoms with Gasteiger partial charge in [-0.15, -0.1) is 0 Å². The second kappa shape index (κ2) is 11.1. The highest BCUT2D eigenvalue weighted by Gasteiger charge is 2.47. The first-order valence-corrected chi connectivity index (χ1v) is 14.2. The van der Waals surface area contributed by atoms with Gasteiger partial charge in [-0.05, 0) is 69.2 Å². The first kappa shape index (κ1) is 27.6. The van der Waals surface area contributed by atoms with Crippen molar-refractivity contribution < 1.29 is 19.1 Å². The van der Waals surface area contributed by atoms with Crippen molar-refractivity contribution in [2.75, 3.05) is 32.0 Å².